The van der Waals surface area contributed by atoms with Crippen molar-refractivity contribution in [2.75, 3.05) is 12.4 Å². The molecule has 0 aliphatic rings. The van der Waals surface area contributed by atoms with Crippen molar-refractivity contribution < 1.29 is 18.0 Å². The highest BCUT2D eigenvalue weighted by molar-refractivity contribution is 5.89. The predicted octanol–water partition coefficient (Wildman–Crippen LogP) is 3.41. The Kier molecular flexibility index (Phi) is 4.30. The fourth-order valence-electron chi connectivity index (χ4n) is 2.27. The van der Waals surface area contributed by atoms with Crippen LogP contribution in [0.4, 0.5) is 23.7 Å². The van der Waals surface area contributed by atoms with Gasteiger partial charge in [0.05, 0.1) is 12.1 Å². The Morgan fingerprint density at radius 2 is 2.00 bits per heavy atom. The largest absolute Gasteiger partial charge is 0.416 e. The number of benzene rings is 1. The minimum Gasteiger partial charge on any atom is -0.320 e. The van der Waals surface area contributed by atoms with E-state index >= 15 is 0 Å². The van der Waals surface area contributed by atoms with Crippen LogP contribution in [0.3, 0.4) is 0 Å². The minimum absolute atomic E-state index is 0.0674. The summed E-state index contributed by atoms with van der Waals surface area (Å²) in [5.41, 5.74) is -0.113. The smallest absolute Gasteiger partial charge is 0.320 e. The zero-order chi connectivity index (χ0) is 18.0. The van der Waals surface area contributed by atoms with Gasteiger partial charge in [-0.05, 0) is 30.3 Å². The van der Waals surface area contributed by atoms with Gasteiger partial charge in [-0.25, -0.2) is 4.79 Å². The third-order valence-electron chi connectivity index (χ3n) is 3.55. The van der Waals surface area contributed by atoms with Gasteiger partial charge in [-0.1, -0.05) is 12.1 Å². The SMILES string of the molecule is CN(Cc1nnc2ccccn12)C(=O)Nc1cccc(C(F)(F)F)c1. The predicted molar refractivity (Wildman–Crippen MR) is 84.9 cm³/mol. The van der Waals surface area contributed by atoms with Crippen LogP contribution in [0.25, 0.3) is 5.65 Å². The molecule has 2 aromatic heterocycles. The molecule has 0 unspecified atom stereocenters. The van der Waals surface area contributed by atoms with E-state index in [1.54, 1.807) is 16.7 Å². The minimum atomic E-state index is -4.47. The zero-order valence-electron chi connectivity index (χ0n) is 13.2. The summed E-state index contributed by atoms with van der Waals surface area (Å²) in [6.07, 6.45) is -2.70. The van der Waals surface area contributed by atoms with Crippen LogP contribution in [0.1, 0.15) is 11.4 Å². The maximum absolute atomic E-state index is 12.7. The van der Waals surface area contributed by atoms with Crippen LogP contribution in [0.2, 0.25) is 0 Å². The molecule has 6 nitrogen and oxygen atoms in total. The first-order valence-electron chi connectivity index (χ1n) is 7.32. The number of fused-ring (bicyclic) bond motifs is 1. The molecule has 0 aliphatic carbocycles. The molecular formula is C16H14F3N5O. The highest BCUT2D eigenvalue weighted by Gasteiger charge is 2.30. The van der Waals surface area contributed by atoms with Gasteiger partial charge < -0.3 is 10.2 Å². The Morgan fingerprint density at radius 1 is 1.20 bits per heavy atom. The Morgan fingerprint density at radius 3 is 2.76 bits per heavy atom. The van der Waals surface area contributed by atoms with E-state index < -0.39 is 17.8 Å². The molecule has 0 atom stereocenters. The van der Waals surface area contributed by atoms with Gasteiger partial charge in [-0.3, -0.25) is 4.40 Å². The number of nitrogens with zero attached hydrogens (tertiary/aromatic N) is 4. The number of alkyl halides is 3. The second-order valence-electron chi connectivity index (χ2n) is 5.41. The Balaban J connectivity index is 1.71. The highest BCUT2D eigenvalue weighted by Crippen LogP contribution is 2.30. The lowest BCUT2D eigenvalue weighted by Gasteiger charge is -2.17. The molecule has 0 saturated carbocycles. The maximum atomic E-state index is 12.7. The molecule has 0 bridgehead atoms. The van der Waals surface area contributed by atoms with Gasteiger partial charge in [-0.15, -0.1) is 10.2 Å². The van der Waals surface area contributed by atoms with Crippen molar-refractivity contribution >= 4 is 17.4 Å². The first-order chi connectivity index (χ1) is 11.8. The third kappa shape index (κ3) is 3.70. The van der Waals surface area contributed by atoms with Gasteiger partial charge in [0.1, 0.15) is 0 Å². The van der Waals surface area contributed by atoms with Crippen LogP contribution in [0.15, 0.2) is 48.7 Å². The number of halogens is 3. The number of hydrogen-bond donors (Lipinski definition) is 1. The van der Waals surface area contributed by atoms with Crippen molar-refractivity contribution in [2.24, 2.45) is 0 Å². The molecule has 0 radical (unpaired) electrons. The van der Waals surface area contributed by atoms with E-state index in [0.29, 0.717) is 11.5 Å². The Labute approximate surface area is 140 Å². The fourth-order valence-corrected chi connectivity index (χ4v) is 2.27. The number of carbonyl (C=O) groups is 1. The number of rotatable bonds is 3. The van der Waals surface area contributed by atoms with Crippen molar-refractivity contribution in [3.8, 4) is 0 Å². The summed E-state index contributed by atoms with van der Waals surface area (Å²) in [5, 5.41) is 10.4. The van der Waals surface area contributed by atoms with Crippen LogP contribution in [-0.4, -0.2) is 32.6 Å². The van der Waals surface area contributed by atoms with Crippen LogP contribution >= 0.6 is 0 Å². The van der Waals surface area contributed by atoms with E-state index in [1.807, 2.05) is 12.1 Å². The van der Waals surface area contributed by atoms with Gasteiger partial charge in [0.2, 0.25) is 0 Å². The summed E-state index contributed by atoms with van der Waals surface area (Å²) in [5.74, 6) is 0.539. The van der Waals surface area contributed by atoms with E-state index in [-0.39, 0.29) is 12.2 Å². The lowest BCUT2D eigenvalue weighted by Crippen LogP contribution is -2.31. The summed E-state index contributed by atoms with van der Waals surface area (Å²) in [6.45, 7) is 0.149. The van der Waals surface area contributed by atoms with Crippen LogP contribution in [0, 0.1) is 0 Å². The van der Waals surface area contributed by atoms with Crippen LogP contribution < -0.4 is 5.32 Å². The van der Waals surface area contributed by atoms with Gasteiger partial charge in [0.15, 0.2) is 11.5 Å². The number of anilines is 1. The van der Waals surface area contributed by atoms with Gasteiger partial charge in [0.25, 0.3) is 0 Å². The quantitative estimate of drug-likeness (QED) is 0.788. The zero-order valence-corrected chi connectivity index (χ0v) is 13.2. The van der Waals surface area contributed by atoms with Gasteiger partial charge in [-0.2, -0.15) is 13.2 Å². The number of pyridine rings is 1. The van der Waals surface area contributed by atoms with E-state index in [2.05, 4.69) is 15.5 Å². The standard InChI is InChI=1S/C16H14F3N5O/c1-23(10-14-22-21-13-7-2-3-8-24(13)14)15(25)20-12-6-4-5-11(9-12)16(17,18)19/h2-9H,10H2,1H3,(H,20,25). The molecular weight excluding hydrogens is 335 g/mol. The molecule has 0 aliphatic heterocycles. The highest BCUT2D eigenvalue weighted by atomic mass is 19.4. The van der Waals surface area contributed by atoms with Crippen molar-refractivity contribution in [2.45, 2.75) is 12.7 Å². The summed E-state index contributed by atoms with van der Waals surface area (Å²) in [4.78, 5) is 13.5. The molecule has 130 valence electrons. The topological polar surface area (TPSA) is 62.5 Å². The van der Waals surface area contributed by atoms with Crippen molar-refractivity contribution in [1.29, 1.82) is 0 Å². The van der Waals surface area contributed by atoms with Crippen LogP contribution in [-0.2, 0) is 12.7 Å². The number of urea groups is 1. The number of hydrogen-bond acceptors (Lipinski definition) is 3. The van der Waals surface area contributed by atoms with E-state index in [1.165, 1.54) is 24.1 Å². The average molecular weight is 349 g/mol. The molecule has 1 aromatic carbocycles. The monoisotopic (exact) mass is 349 g/mol. The normalized spacial score (nSPS) is 11.5. The Hall–Kier alpha value is -3.10. The number of aromatic nitrogens is 3. The number of nitrogens with one attached hydrogen (secondary N) is 1. The summed E-state index contributed by atoms with van der Waals surface area (Å²) in [6, 6.07) is 9.32. The van der Waals surface area contributed by atoms with Crippen molar-refractivity contribution in [3.05, 3.63) is 60.0 Å². The second kappa shape index (κ2) is 6.42. The molecule has 0 fully saturated rings. The summed E-state index contributed by atoms with van der Waals surface area (Å²) >= 11 is 0. The molecule has 25 heavy (non-hydrogen) atoms. The van der Waals surface area contributed by atoms with Gasteiger partial charge in [0, 0.05) is 18.9 Å². The lowest BCUT2D eigenvalue weighted by atomic mass is 10.2. The first kappa shape index (κ1) is 16.7. The molecule has 3 aromatic rings. The van der Waals surface area contributed by atoms with Crippen LogP contribution in [0.5, 0.6) is 0 Å². The molecule has 0 spiro atoms. The molecule has 3 rings (SSSR count). The molecule has 9 heteroatoms. The fraction of sp³-hybridized carbons (Fsp3) is 0.188. The Bertz CT molecular complexity index is 906. The van der Waals surface area contributed by atoms with E-state index in [9.17, 15) is 18.0 Å². The average Bonchev–Trinajstić information content (AvgIpc) is 2.97. The molecule has 2 heterocycles. The molecule has 0 saturated heterocycles. The summed E-state index contributed by atoms with van der Waals surface area (Å²) < 4.78 is 39.9. The molecule has 1 N–H and O–H groups in total. The van der Waals surface area contributed by atoms with Gasteiger partial charge >= 0.3 is 12.2 Å². The third-order valence-corrected chi connectivity index (χ3v) is 3.55. The number of carbonyl (C=O) groups excluding carboxylic acids is 1. The van der Waals surface area contributed by atoms with Crippen molar-refractivity contribution in [1.82, 2.24) is 19.5 Å². The first-order valence-corrected chi connectivity index (χ1v) is 7.32. The summed E-state index contributed by atoms with van der Waals surface area (Å²) in [7, 11) is 1.52. The maximum Gasteiger partial charge on any atom is 0.416 e. The van der Waals surface area contributed by atoms with E-state index in [0.717, 1.165) is 12.1 Å². The second-order valence-corrected chi connectivity index (χ2v) is 5.41. The number of amides is 2. The van der Waals surface area contributed by atoms with E-state index in [4.69, 9.17) is 0 Å². The lowest BCUT2D eigenvalue weighted by molar-refractivity contribution is -0.137. The molecule has 2 amide bonds. The van der Waals surface area contributed by atoms with Crippen molar-refractivity contribution in [3.63, 3.8) is 0 Å².